The van der Waals surface area contributed by atoms with Gasteiger partial charge in [0, 0.05) is 24.0 Å². The average Bonchev–Trinajstić information content (AvgIpc) is 3.03. The van der Waals surface area contributed by atoms with Crippen LogP contribution in [0.5, 0.6) is 0 Å². The number of halogens is 5. The van der Waals surface area contributed by atoms with E-state index >= 15 is 0 Å². The summed E-state index contributed by atoms with van der Waals surface area (Å²) in [7, 11) is 0. The monoisotopic (exact) mass is 349 g/mol. The summed E-state index contributed by atoms with van der Waals surface area (Å²) in [6.07, 6.45) is 0.399. The number of benzene rings is 1. The second kappa shape index (κ2) is 6.99. The van der Waals surface area contributed by atoms with E-state index in [1.165, 1.54) is 12.5 Å². The number of aromatic nitrogens is 2. The summed E-state index contributed by atoms with van der Waals surface area (Å²) in [5.74, 6) is -6.76. The van der Waals surface area contributed by atoms with Crippen LogP contribution in [-0.2, 0) is 4.79 Å². The molecule has 0 fully saturated rings. The van der Waals surface area contributed by atoms with E-state index in [9.17, 15) is 22.4 Å². The first-order valence-electron chi connectivity index (χ1n) is 6.49. The Kier molecular flexibility index (Phi) is 5.25. The van der Waals surface area contributed by atoms with Crippen molar-refractivity contribution in [1.29, 1.82) is 0 Å². The normalized spacial score (nSPS) is 13.1. The highest BCUT2D eigenvalue weighted by Crippen LogP contribution is 2.24. The van der Waals surface area contributed by atoms with Crippen LogP contribution in [0.4, 0.5) is 17.6 Å². The number of alkyl halides is 4. The second-order valence-corrected chi connectivity index (χ2v) is 5.15. The van der Waals surface area contributed by atoms with Gasteiger partial charge < -0.3 is 9.88 Å². The van der Waals surface area contributed by atoms with Gasteiger partial charge in [0.2, 0.25) is 0 Å². The zero-order valence-corrected chi connectivity index (χ0v) is 12.4. The fourth-order valence-electron chi connectivity index (χ4n) is 1.94. The predicted molar refractivity (Wildman–Crippen MR) is 75.8 cm³/mol. The summed E-state index contributed by atoms with van der Waals surface area (Å²) in [5, 5.41) is 2.33. The highest BCUT2D eigenvalue weighted by Gasteiger charge is 2.48. The van der Waals surface area contributed by atoms with Crippen LogP contribution in [-0.4, -0.2) is 34.4 Å². The van der Waals surface area contributed by atoms with Gasteiger partial charge in [-0.15, -0.1) is 0 Å². The number of rotatable bonds is 6. The number of nitrogens with zero attached hydrogens (tertiary/aromatic N) is 2. The van der Waals surface area contributed by atoms with E-state index in [1.54, 1.807) is 35.0 Å². The maximum atomic E-state index is 13.0. The second-order valence-electron chi connectivity index (χ2n) is 4.71. The van der Waals surface area contributed by atoms with E-state index < -0.39 is 24.3 Å². The predicted octanol–water partition coefficient (Wildman–Crippen LogP) is 3.14. The molecular formula is C14H12ClF4N3O. The lowest BCUT2D eigenvalue weighted by Crippen LogP contribution is -2.46. The highest BCUT2D eigenvalue weighted by molar-refractivity contribution is 6.30. The number of hydrogen-bond acceptors (Lipinski definition) is 2. The lowest BCUT2D eigenvalue weighted by atomic mass is 10.1. The molecule has 1 N–H and O–H groups in total. The van der Waals surface area contributed by atoms with Crippen molar-refractivity contribution in [2.45, 2.75) is 18.4 Å². The Labute approximate surface area is 134 Å². The standard InChI is InChI=1S/C14H12ClF4N3O/c15-10-3-1-9(2-4-10)11(22-6-5-20-8-22)7-21-13(23)14(18,19)12(16)17/h1-6,8,11-12H,7H2,(H,21,23). The van der Waals surface area contributed by atoms with Gasteiger partial charge >= 0.3 is 12.3 Å². The minimum atomic E-state index is -4.74. The number of amides is 1. The van der Waals surface area contributed by atoms with Crippen molar-refractivity contribution in [2.24, 2.45) is 0 Å². The van der Waals surface area contributed by atoms with E-state index in [1.807, 2.05) is 5.32 Å². The van der Waals surface area contributed by atoms with Gasteiger partial charge in [-0.2, -0.15) is 8.78 Å². The summed E-state index contributed by atoms with van der Waals surface area (Å²) >= 11 is 5.79. The molecule has 23 heavy (non-hydrogen) atoms. The third-order valence-corrected chi connectivity index (χ3v) is 3.42. The van der Waals surface area contributed by atoms with Gasteiger partial charge in [0.05, 0.1) is 12.4 Å². The van der Waals surface area contributed by atoms with Crippen LogP contribution in [0.25, 0.3) is 0 Å². The fourth-order valence-corrected chi connectivity index (χ4v) is 2.07. The molecular weight excluding hydrogens is 338 g/mol. The Morgan fingerprint density at radius 1 is 1.30 bits per heavy atom. The summed E-state index contributed by atoms with van der Waals surface area (Å²) in [5.41, 5.74) is 0.646. The summed E-state index contributed by atoms with van der Waals surface area (Å²) in [6, 6.07) is 5.88. The molecule has 124 valence electrons. The molecule has 0 aliphatic rings. The lowest BCUT2D eigenvalue weighted by molar-refractivity contribution is -0.169. The molecule has 0 aliphatic heterocycles. The Hall–Kier alpha value is -2.09. The molecule has 0 saturated carbocycles. The minimum absolute atomic E-state index is 0.306. The number of carbonyl (C=O) groups excluding carboxylic acids is 1. The van der Waals surface area contributed by atoms with E-state index in [0.29, 0.717) is 10.6 Å². The number of imidazole rings is 1. The first kappa shape index (κ1) is 17.3. The lowest BCUT2D eigenvalue weighted by Gasteiger charge is -2.21. The van der Waals surface area contributed by atoms with Gasteiger partial charge in [0.15, 0.2) is 0 Å². The van der Waals surface area contributed by atoms with Crippen molar-refractivity contribution in [3.8, 4) is 0 Å². The Bertz CT molecular complexity index is 647. The van der Waals surface area contributed by atoms with Crippen LogP contribution in [0.2, 0.25) is 5.02 Å². The zero-order chi connectivity index (χ0) is 17.0. The van der Waals surface area contributed by atoms with E-state index in [0.717, 1.165) is 0 Å². The first-order chi connectivity index (χ1) is 10.8. The quantitative estimate of drug-likeness (QED) is 0.814. The highest BCUT2D eigenvalue weighted by atomic mass is 35.5. The molecule has 4 nitrogen and oxygen atoms in total. The molecule has 1 unspecified atom stereocenters. The summed E-state index contributed by atoms with van der Waals surface area (Å²) < 4.78 is 51.9. The van der Waals surface area contributed by atoms with Crippen LogP contribution < -0.4 is 5.32 Å². The Morgan fingerprint density at radius 2 is 1.96 bits per heavy atom. The van der Waals surface area contributed by atoms with Crippen molar-refractivity contribution >= 4 is 17.5 Å². The summed E-state index contributed by atoms with van der Waals surface area (Å²) in [4.78, 5) is 15.1. The van der Waals surface area contributed by atoms with Gasteiger partial charge in [-0.05, 0) is 17.7 Å². The molecule has 0 saturated heterocycles. The third kappa shape index (κ3) is 4.01. The average molecular weight is 350 g/mol. The molecule has 0 radical (unpaired) electrons. The van der Waals surface area contributed by atoms with Crippen molar-refractivity contribution < 1.29 is 22.4 Å². The van der Waals surface area contributed by atoms with E-state index in [-0.39, 0.29) is 6.54 Å². The Balaban J connectivity index is 2.17. The van der Waals surface area contributed by atoms with Crippen molar-refractivity contribution in [3.05, 3.63) is 53.6 Å². The topological polar surface area (TPSA) is 46.9 Å². The number of nitrogens with one attached hydrogen (secondary N) is 1. The molecule has 2 rings (SSSR count). The van der Waals surface area contributed by atoms with E-state index in [2.05, 4.69) is 4.98 Å². The van der Waals surface area contributed by atoms with Gasteiger partial charge in [0.1, 0.15) is 0 Å². The molecule has 1 aromatic carbocycles. The number of hydrogen-bond donors (Lipinski definition) is 1. The van der Waals surface area contributed by atoms with Crippen LogP contribution in [0.15, 0.2) is 43.0 Å². The first-order valence-corrected chi connectivity index (χ1v) is 6.87. The van der Waals surface area contributed by atoms with Crippen LogP contribution in [0.1, 0.15) is 11.6 Å². The van der Waals surface area contributed by atoms with Crippen molar-refractivity contribution in [1.82, 2.24) is 14.9 Å². The molecule has 1 aromatic heterocycles. The van der Waals surface area contributed by atoms with Crippen LogP contribution in [0, 0.1) is 0 Å². The minimum Gasteiger partial charge on any atom is -0.348 e. The van der Waals surface area contributed by atoms with Gasteiger partial charge in [-0.1, -0.05) is 23.7 Å². The molecule has 0 spiro atoms. The molecule has 1 amide bonds. The molecule has 9 heteroatoms. The molecule has 2 aromatic rings. The largest absolute Gasteiger partial charge is 0.383 e. The smallest absolute Gasteiger partial charge is 0.348 e. The molecule has 1 atom stereocenters. The maximum Gasteiger partial charge on any atom is 0.383 e. The van der Waals surface area contributed by atoms with Crippen molar-refractivity contribution in [2.75, 3.05) is 6.54 Å². The SMILES string of the molecule is O=C(NCC(c1ccc(Cl)cc1)n1ccnc1)C(F)(F)C(F)F. The van der Waals surface area contributed by atoms with Gasteiger partial charge in [0.25, 0.3) is 5.91 Å². The maximum absolute atomic E-state index is 13.0. The molecule has 1 heterocycles. The zero-order valence-electron chi connectivity index (χ0n) is 11.6. The fraction of sp³-hybridized carbons (Fsp3) is 0.286. The Morgan fingerprint density at radius 3 is 2.48 bits per heavy atom. The van der Waals surface area contributed by atoms with E-state index in [4.69, 9.17) is 11.6 Å². The van der Waals surface area contributed by atoms with Gasteiger partial charge in [-0.3, -0.25) is 4.79 Å². The summed E-state index contributed by atoms with van der Waals surface area (Å²) in [6.45, 7) is -0.306. The third-order valence-electron chi connectivity index (χ3n) is 3.17. The van der Waals surface area contributed by atoms with Crippen LogP contribution in [0.3, 0.4) is 0 Å². The van der Waals surface area contributed by atoms with Crippen LogP contribution >= 0.6 is 11.6 Å². The molecule has 0 aliphatic carbocycles. The van der Waals surface area contributed by atoms with Crippen molar-refractivity contribution in [3.63, 3.8) is 0 Å². The molecule has 0 bridgehead atoms. The number of carbonyl (C=O) groups is 1. The van der Waals surface area contributed by atoms with Gasteiger partial charge in [-0.25, -0.2) is 13.8 Å².